The van der Waals surface area contributed by atoms with Gasteiger partial charge in [-0.3, -0.25) is 4.79 Å². The van der Waals surface area contributed by atoms with Gasteiger partial charge in [0.1, 0.15) is 12.1 Å². The molecular weight excluding hydrogens is 396 g/mol. The van der Waals surface area contributed by atoms with E-state index in [1.54, 1.807) is 6.07 Å². The second kappa shape index (κ2) is 9.43. The van der Waals surface area contributed by atoms with Crippen molar-refractivity contribution in [3.8, 4) is 11.3 Å². The Morgan fingerprint density at radius 2 is 1.62 bits per heavy atom. The zero-order chi connectivity index (χ0) is 22.5. The van der Waals surface area contributed by atoms with Crippen molar-refractivity contribution < 1.29 is 4.79 Å². The highest BCUT2D eigenvalue weighted by Gasteiger charge is 2.09. The molecule has 0 saturated heterocycles. The summed E-state index contributed by atoms with van der Waals surface area (Å²) in [5.41, 5.74) is 6.41. The van der Waals surface area contributed by atoms with E-state index >= 15 is 0 Å². The van der Waals surface area contributed by atoms with Crippen molar-refractivity contribution in [2.75, 3.05) is 10.6 Å². The molecule has 1 heterocycles. The zero-order valence-corrected chi connectivity index (χ0v) is 18.5. The molecule has 0 aliphatic carbocycles. The molecular formula is C27H26N4O. The Bertz CT molecular complexity index is 1230. The summed E-state index contributed by atoms with van der Waals surface area (Å²) in [5.74, 6) is 0.961. The van der Waals surface area contributed by atoms with E-state index in [4.69, 9.17) is 0 Å². The molecule has 0 unspecified atom stereocenters. The quantitative estimate of drug-likeness (QED) is 0.369. The number of hydrogen-bond acceptors (Lipinski definition) is 4. The van der Waals surface area contributed by atoms with Gasteiger partial charge in [-0.05, 0) is 54.8 Å². The van der Waals surface area contributed by atoms with Gasteiger partial charge in [-0.2, -0.15) is 0 Å². The number of rotatable bonds is 6. The maximum atomic E-state index is 12.7. The molecule has 0 spiro atoms. The summed E-state index contributed by atoms with van der Waals surface area (Å²) in [7, 11) is 0. The molecule has 0 bridgehead atoms. The van der Waals surface area contributed by atoms with Crippen LogP contribution in [0.1, 0.15) is 41.3 Å². The van der Waals surface area contributed by atoms with Gasteiger partial charge in [-0.1, -0.05) is 55.8 Å². The third kappa shape index (κ3) is 5.19. The second-order valence-corrected chi connectivity index (χ2v) is 8.09. The molecule has 0 aliphatic rings. The van der Waals surface area contributed by atoms with Gasteiger partial charge in [0.15, 0.2) is 0 Å². The van der Waals surface area contributed by atoms with Crippen molar-refractivity contribution in [3.63, 3.8) is 0 Å². The molecule has 4 aromatic rings. The monoisotopic (exact) mass is 422 g/mol. The minimum absolute atomic E-state index is 0.158. The maximum Gasteiger partial charge on any atom is 0.255 e. The molecule has 0 radical (unpaired) electrons. The van der Waals surface area contributed by atoms with Gasteiger partial charge < -0.3 is 10.6 Å². The van der Waals surface area contributed by atoms with Crippen LogP contribution in [0.4, 0.5) is 17.2 Å². The topological polar surface area (TPSA) is 66.9 Å². The van der Waals surface area contributed by atoms with Gasteiger partial charge >= 0.3 is 0 Å². The van der Waals surface area contributed by atoms with Crippen molar-refractivity contribution >= 4 is 23.1 Å². The Balaban J connectivity index is 1.48. The van der Waals surface area contributed by atoms with Gasteiger partial charge in [0, 0.05) is 28.6 Å². The van der Waals surface area contributed by atoms with Crippen LogP contribution in [0.2, 0.25) is 0 Å². The Morgan fingerprint density at radius 1 is 0.844 bits per heavy atom. The highest BCUT2D eigenvalue weighted by atomic mass is 16.1. The lowest BCUT2D eigenvalue weighted by molar-refractivity contribution is 0.102. The number of amides is 1. The first-order valence-electron chi connectivity index (χ1n) is 10.7. The van der Waals surface area contributed by atoms with Crippen molar-refractivity contribution in [1.82, 2.24) is 9.97 Å². The van der Waals surface area contributed by atoms with E-state index in [0.29, 0.717) is 17.3 Å². The van der Waals surface area contributed by atoms with E-state index in [1.165, 1.54) is 17.5 Å². The standard InChI is InChI=1S/C27H26N4O/c1-18(2)20-10-12-23(13-11-20)31-27(32)22-8-5-9-24(15-22)30-26-16-25(28-17-29-26)21-7-4-6-19(3)14-21/h4-18H,1-3H3,(H,31,32)(H,28,29,30). The molecule has 0 saturated carbocycles. The van der Waals surface area contributed by atoms with E-state index in [-0.39, 0.29) is 5.91 Å². The van der Waals surface area contributed by atoms with E-state index in [9.17, 15) is 4.79 Å². The molecule has 160 valence electrons. The minimum atomic E-state index is -0.158. The minimum Gasteiger partial charge on any atom is -0.340 e. The fraction of sp³-hybridized carbons (Fsp3) is 0.148. The number of nitrogens with zero attached hydrogens (tertiary/aromatic N) is 2. The molecule has 5 nitrogen and oxygen atoms in total. The first-order valence-corrected chi connectivity index (χ1v) is 10.7. The summed E-state index contributed by atoms with van der Waals surface area (Å²) in [5, 5.41) is 6.24. The van der Waals surface area contributed by atoms with E-state index in [1.807, 2.05) is 60.7 Å². The van der Waals surface area contributed by atoms with Gasteiger partial charge in [-0.15, -0.1) is 0 Å². The number of hydrogen-bond donors (Lipinski definition) is 2. The van der Waals surface area contributed by atoms with Gasteiger partial charge in [0.25, 0.3) is 5.91 Å². The molecule has 5 heteroatoms. The van der Waals surface area contributed by atoms with E-state index in [0.717, 1.165) is 22.6 Å². The lowest BCUT2D eigenvalue weighted by Crippen LogP contribution is -2.12. The summed E-state index contributed by atoms with van der Waals surface area (Å²) in [6.07, 6.45) is 1.54. The summed E-state index contributed by atoms with van der Waals surface area (Å²) in [4.78, 5) is 21.5. The predicted molar refractivity (Wildman–Crippen MR) is 130 cm³/mol. The largest absolute Gasteiger partial charge is 0.340 e. The number of nitrogens with one attached hydrogen (secondary N) is 2. The summed E-state index contributed by atoms with van der Waals surface area (Å²) < 4.78 is 0. The maximum absolute atomic E-state index is 12.7. The van der Waals surface area contributed by atoms with Crippen LogP contribution in [0.25, 0.3) is 11.3 Å². The molecule has 32 heavy (non-hydrogen) atoms. The van der Waals surface area contributed by atoms with Crippen LogP contribution >= 0.6 is 0 Å². The average molecular weight is 423 g/mol. The van der Waals surface area contributed by atoms with Crippen molar-refractivity contribution in [2.45, 2.75) is 26.7 Å². The van der Waals surface area contributed by atoms with Crippen LogP contribution in [0.3, 0.4) is 0 Å². The Kier molecular flexibility index (Phi) is 6.26. The predicted octanol–water partition coefficient (Wildman–Crippen LogP) is 6.57. The van der Waals surface area contributed by atoms with Crippen LogP contribution in [-0.4, -0.2) is 15.9 Å². The lowest BCUT2D eigenvalue weighted by Gasteiger charge is -2.11. The first kappa shape index (κ1) is 21.2. The Hall–Kier alpha value is -3.99. The number of carbonyl (C=O) groups excluding carboxylic acids is 1. The first-order chi connectivity index (χ1) is 15.5. The van der Waals surface area contributed by atoms with Crippen LogP contribution in [0.5, 0.6) is 0 Å². The number of anilines is 3. The van der Waals surface area contributed by atoms with Crippen LogP contribution in [0.15, 0.2) is 85.2 Å². The van der Waals surface area contributed by atoms with Crippen molar-refractivity contribution in [1.29, 1.82) is 0 Å². The molecule has 3 aromatic carbocycles. The SMILES string of the molecule is Cc1cccc(-c2cc(Nc3cccc(C(=O)Nc4ccc(C(C)C)cc4)c3)ncn2)c1. The molecule has 0 aliphatic heterocycles. The smallest absolute Gasteiger partial charge is 0.255 e. The summed E-state index contributed by atoms with van der Waals surface area (Å²) >= 11 is 0. The van der Waals surface area contributed by atoms with Crippen LogP contribution in [-0.2, 0) is 0 Å². The zero-order valence-electron chi connectivity index (χ0n) is 18.5. The second-order valence-electron chi connectivity index (χ2n) is 8.09. The van der Waals surface area contributed by atoms with Gasteiger partial charge in [0.05, 0.1) is 5.69 Å². The highest BCUT2D eigenvalue weighted by molar-refractivity contribution is 6.04. The van der Waals surface area contributed by atoms with Crippen molar-refractivity contribution in [2.24, 2.45) is 0 Å². The fourth-order valence-electron chi connectivity index (χ4n) is 3.43. The third-order valence-corrected chi connectivity index (χ3v) is 5.21. The number of benzene rings is 3. The molecule has 0 fully saturated rings. The van der Waals surface area contributed by atoms with E-state index < -0.39 is 0 Å². The number of carbonyl (C=O) groups is 1. The Morgan fingerprint density at radius 3 is 2.38 bits per heavy atom. The lowest BCUT2D eigenvalue weighted by atomic mass is 10.0. The number of aryl methyl sites for hydroxylation is 1. The van der Waals surface area contributed by atoms with E-state index in [2.05, 4.69) is 53.5 Å². The third-order valence-electron chi connectivity index (χ3n) is 5.21. The highest BCUT2D eigenvalue weighted by Crippen LogP contribution is 2.23. The number of aromatic nitrogens is 2. The summed E-state index contributed by atoms with van der Waals surface area (Å²) in [6, 6.07) is 25.4. The van der Waals surface area contributed by atoms with Crippen LogP contribution in [0, 0.1) is 6.92 Å². The molecule has 4 rings (SSSR count). The molecule has 0 atom stereocenters. The van der Waals surface area contributed by atoms with Crippen molar-refractivity contribution in [3.05, 3.63) is 102 Å². The average Bonchev–Trinajstić information content (AvgIpc) is 2.80. The van der Waals surface area contributed by atoms with Crippen LogP contribution < -0.4 is 10.6 Å². The molecule has 1 amide bonds. The summed E-state index contributed by atoms with van der Waals surface area (Å²) in [6.45, 7) is 6.35. The van der Waals surface area contributed by atoms with Gasteiger partial charge in [0.2, 0.25) is 0 Å². The fourth-order valence-corrected chi connectivity index (χ4v) is 3.43. The van der Waals surface area contributed by atoms with Gasteiger partial charge in [-0.25, -0.2) is 9.97 Å². The normalized spacial score (nSPS) is 10.8. The molecule has 1 aromatic heterocycles. The molecule has 2 N–H and O–H groups in total. The Labute approximate surface area is 188 Å².